The lowest BCUT2D eigenvalue weighted by atomic mass is 9.92. The molecule has 164 valence electrons. The van der Waals surface area contributed by atoms with Crippen molar-refractivity contribution in [2.24, 2.45) is 0 Å². The van der Waals surface area contributed by atoms with Crippen LogP contribution in [0, 0.1) is 0 Å². The molecule has 7 heteroatoms. The number of aromatic amines is 1. The Hall–Kier alpha value is -3.06. The Morgan fingerprint density at radius 2 is 1.88 bits per heavy atom. The average molecular weight is 428 g/mol. The van der Waals surface area contributed by atoms with Gasteiger partial charge in [0, 0.05) is 66.0 Å². The van der Waals surface area contributed by atoms with Gasteiger partial charge in [-0.25, -0.2) is 15.0 Å². The second-order valence-electron chi connectivity index (χ2n) is 10.1. The molecule has 4 aromatic rings. The minimum absolute atomic E-state index is 0.0112. The van der Waals surface area contributed by atoms with E-state index in [1.807, 2.05) is 24.7 Å². The Kier molecular flexibility index (Phi) is 4.43. The van der Waals surface area contributed by atoms with Crippen molar-refractivity contribution in [3.63, 3.8) is 0 Å². The van der Waals surface area contributed by atoms with Gasteiger partial charge in [0.25, 0.3) is 0 Å². The largest absolute Gasteiger partial charge is 0.353 e. The molecule has 1 aliphatic heterocycles. The van der Waals surface area contributed by atoms with Crippen molar-refractivity contribution >= 4 is 27.8 Å². The second-order valence-corrected chi connectivity index (χ2v) is 10.1. The summed E-state index contributed by atoms with van der Waals surface area (Å²) in [6.07, 6.45) is 8.23. The first-order valence-corrected chi connectivity index (χ1v) is 11.6. The normalized spacial score (nSPS) is 17.4. The highest BCUT2D eigenvalue weighted by Gasteiger charge is 2.29. The first-order chi connectivity index (χ1) is 15.5. The summed E-state index contributed by atoms with van der Waals surface area (Å²) in [7, 11) is 0. The maximum Gasteiger partial charge on any atom is 0.163 e. The van der Waals surface area contributed by atoms with Gasteiger partial charge in [-0.2, -0.15) is 0 Å². The number of hydrogen-bond acceptors (Lipinski definition) is 6. The van der Waals surface area contributed by atoms with Crippen LogP contribution in [0.25, 0.3) is 33.3 Å². The van der Waals surface area contributed by atoms with E-state index in [2.05, 4.69) is 52.0 Å². The molecule has 0 atom stereocenters. The molecular formula is C25H29N7. The van der Waals surface area contributed by atoms with Gasteiger partial charge >= 0.3 is 0 Å². The molecule has 2 N–H and O–H groups in total. The summed E-state index contributed by atoms with van der Waals surface area (Å²) < 4.78 is 0. The Balaban J connectivity index is 1.58. The number of piperazine rings is 1. The van der Waals surface area contributed by atoms with Crippen molar-refractivity contribution in [2.75, 3.05) is 31.1 Å². The van der Waals surface area contributed by atoms with Gasteiger partial charge in [-0.05, 0) is 36.5 Å². The second kappa shape index (κ2) is 7.24. The predicted molar refractivity (Wildman–Crippen MR) is 128 cm³/mol. The van der Waals surface area contributed by atoms with Crippen molar-refractivity contribution in [3.8, 4) is 11.4 Å². The molecule has 0 radical (unpaired) electrons. The molecule has 2 fully saturated rings. The Bertz CT molecular complexity index is 1310. The number of nitrogens with zero attached hydrogens (tertiary/aromatic N) is 5. The highest BCUT2D eigenvalue weighted by molar-refractivity contribution is 5.97. The molecule has 1 saturated heterocycles. The fourth-order valence-electron chi connectivity index (χ4n) is 4.64. The summed E-state index contributed by atoms with van der Waals surface area (Å²) >= 11 is 0. The summed E-state index contributed by atoms with van der Waals surface area (Å²) in [6, 6.07) is 4.23. The van der Waals surface area contributed by atoms with E-state index >= 15 is 0 Å². The first-order valence-electron chi connectivity index (χ1n) is 11.6. The van der Waals surface area contributed by atoms with E-state index in [1.165, 1.54) is 23.8 Å². The van der Waals surface area contributed by atoms with E-state index in [0.29, 0.717) is 5.92 Å². The smallest absolute Gasteiger partial charge is 0.163 e. The molecule has 1 aliphatic carbocycles. The van der Waals surface area contributed by atoms with Crippen LogP contribution >= 0.6 is 0 Å². The third kappa shape index (κ3) is 3.32. The minimum Gasteiger partial charge on any atom is -0.353 e. The third-order valence-electron chi connectivity index (χ3n) is 6.63. The fraction of sp³-hybridized carbons (Fsp3) is 0.440. The topological polar surface area (TPSA) is 82.6 Å². The molecule has 0 unspecified atom stereocenters. The van der Waals surface area contributed by atoms with Crippen molar-refractivity contribution in [3.05, 3.63) is 42.0 Å². The molecule has 6 rings (SSSR count). The zero-order valence-corrected chi connectivity index (χ0v) is 18.9. The molecule has 7 nitrogen and oxygen atoms in total. The highest BCUT2D eigenvalue weighted by atomic mass is 15.2. The van der Waals surface area contributed by atoms with Gasteiger partial charge in [-0.3, -0.25) is 4.98 Å². The summed E-state index contributed by atoms with van der Waals surface area (Å²) in [5, 5.41) is 5.71. The van der Waals surface area contributed by atoms with Crippen LogP contribution in [-0.2, 0) is 5.41 Å². The number of pyridine rings is 2. The molecule has 4 aromatic heterocycles. The Morgan fingerprint density at radius 1 is 1.06 bits per heavy atom. The number of anilines is 1. The van der Waals surface area contributed by atoms with Crippen LogP contribution in [0.4, 0.5) is 5.82 Å². The molecular weight excluding hydrogens is 398 g/mol. The lowest BCUT2D eigenvalue weighted by molar-refractivity contribution is 0.574. The zero-order chi connectivity index (χ0) is 21.9. The third-order valence-corrected chi connectivity index (χ3v) is 6.63. The lowest BCUT2D eigenvalue weighted by Gasteiger charge is -2.30. The van der Waals surface area contributed by atoms with Crippen LogP contribution in [0.2, 0.25) is 0 Å². The van der Waals surface area contributed by atoms with Crippen LogP contribution in [0.15, 0.2) is 30.7 Å². The van der Waals surface area contributed by atoms with E-state index in [9.17, 15) is 0 Å². The van der Waals surface area contributed by atoms with Gasteiger partial charge in [0.2, 0.25) is 0 Å². The SMILES string of the molecule is CC(C)(C)c1cc2c(-c3nc(N4CCNCC4)c4c(C5CC5)cncc4n3)ccnc2[nH]1. The van der Waals surface area contributed by atoms with Crippen molar-refractivity contribution < 1.29 is 0 Å². The summed E-state index contributed by atoms with van der Waals surface area (Å²) in [5.41, 5.74) is 5.30. The fourth-order valence-corrected chi connectivity index (χ4v) is 4.64. The van der Waals surface area contributed by atoms with Crippen molar-refractivity contribution in [1.82, 2.24) is 30.2 Å². The van der Waals surface area contributed by atoms with Crippen LogP contribution < -0.4 is 10.2 Å². The summed E-state index contributed by atoms with van der Waals surface area (Å²) in [6.45, 7) is 10.4. The van der Waals surface area contributed by atoms with E-state index in [0.717, 1.165) is 65.6 Å². The molecule has 0 amide bonds. The number of hydrogen-bond donors (Lipinski definition) is 2. The zero-order valence-electron chi connectivity index (χ0n) is 18.9. The van der Waals surface area contributed by atoms with Crippen LogP contribution in [-0.4, -0.2) is 51.1 Å². The number of nitrogens with one attached hydrogen (secondary N) is 2. The van der Waals surface area contributed by atoms with Gasteiger partial charge in [-0.15, -0.1) is 0 Å². The van der Waals surface area contributed by atoms with Crippen LogP contribution in [0.5, 0.6) is 0 Å². The number of fused-ring (bicyclic) bond motifs is 2. The maximum absolute atomic E-state index is 5.20. The Labute approximate surface area is 187 Å². The van der Waals surface area contributed by atoms with E-state index in [4.69, 9.17) is 9.97 Å². The van der Waals surface area contributed by atoms with Crippen molar-refractivity contribution in [1.29, 1.82) is 0 Å². The number of aromatic nitrogens is 5. The molecule has 2 aliphatic rings. The average Bonchev–Trinajstić information content (AvgIpc) is 3.54. The quantitative estimate of drug-likeness (QED) is 0.511. The van der Waals surface area contributed by atoms with Crippen LogP contribution in [0.1, 0.15) is 50.8 Å². The highest BCUT2D eigenvalue weighted by Crippen LogP contribution is 2.45. The van der Waals surface area contributed by atoms with E-state index < -0.39 is 0 Å². The molecule has 1 saturated carbocycles. The Morgan fingerprint density at radius 3 is 2.62 bits per heavy atom. The van der Waals surface area contributed by atoms with Crippen LogP contribution in [0.3, 0.4) is 0 Å². The molecule has 0 aromatic carbocycles. The number of H-pyrrole nitrogens is 1. The molecule has 5 heterocycles. The molecule has 32 heavy (non-hydrogen) atoms. The summed E-state index contributed by atoms with van der Waals surface area (Å²) in [4.78, 5) is 25.3. The predicted octanol–water partition coefficient (Wildman–Crippen LogP) is 4.15. The minimum atomic E-state index is 0.0112. The van der Waals surface area contributed by atoms with Gasteiger partial charge in [0.05, 0.1) is 11.7 Å². The van der Waals surface area contributed by atoms with Gasteiger partial charge in [-0.1, -0.05) is 20.8 Å². The lowest BCUT2D eigenvalue weighted by Crippen LogP contribution is -2.44. The van der Waals surface area contributed by atoms with E-state index in [1.54, 1.807) is 0 Å². The molecule has 0 bridgehead atoms. The van der Waals surface area contributed by atoms with Gasteiger partial charge in [0.15, 0.2) is 5.82 Å². The maximum atomic E-state index is 5.20. The van der Waals surface area contributed by atoms with E-state index in [-0.39, 0.29) is 5.41 Å². The monoisotopic (exact) mass is 427 g/mol. The molecule has 0 spiro atoms. The summed E-state index contributed by atoms with van der Waals surface area (Å²) in [5.74, 6) is 2.38. The first kappa shape index (κ1) is 19.6. The standard InChI is InChI=1S/C25H29N7/c1-25(2,3)20-12-17-16(6-7-28-22(17)30-20)23-29-19-14-27-13-18(15-4-5-15)21(19)24(31-23)32-10-8-26-9-11-32/h6-7,12-15,26H,4-5,8-11H2,1-3H3,(H,28,30). The number of rotatable bonds is 3. The van der Waals surface area contributed by atoms with Gasteiger partial charge < -0.3 is 15.2 Å². The van der Waals surface area contributed by atoms with Gasteiger partial charge in [0.1, 0.15) is 11.5 Å². The van der Waals surface area contributed by atoms with Crippen molar-refractivity contribution in [2.45, 2.75) is 44.9 Å².